The van der Waals surface area contributed by atoms with Crippen LogP contribution in [0, 0.1) is 0 Å². The maximum absolute atomic E-state index is 5.80. The van der Waals surface area contributed by atoms with Gasteiger partial charge in [0, 0.05) is 25.4 Å². The molecule has 0 aliphatic carbocycles. The van der Waals surface area contributed by atoms with Crippen molar-refractivity contribution >= 4 is 18.1 Å². The molecule has 2 N–H and O–H groups in total. The van der Waals surface area contributed by atoms with Gasteiger partial charge in [0.05, 0.1) is 6.10 Å². The van der Waals surface area contributed by atoms with Gasteiger partial charge in [-0.2, -0.15) is 0 Å². The van der Waals surface area contributed by atoms with E-state index in [9.17, 15) is 0 Å². The highest BCUT2D eigenvalue weighted by atomic mass is 35.5. The predicted molar refractivity (Wildman–Crippen MR) is 78.0 cm³/mol. The van der Waals surface area contributed by atoms with Gasteiger partial charge in [-0.05, 0) is 37.1 Å². The molecule has 1 aromatic carbocycles. The number of likely N-dealkylation sites (N-methyl/N-ethyl adjacent to an activating group) is 1. The molecule has 1 aliphatic rings. The molecule has 1 fully saturated rings. The van der Waals surface area contributed by atoms with Crippen LogP contribution >= 0.6 is 12.4 Å². The molecule has 4 heteroatoms. The highest BCUT2D eigenvalue weighted by Crippen LogP contribution is 2.15. The summed E-state index contributed by atoms with van der Waals surface area (Å²) < 4.78 is 5.68. The van der Waals surface area contributed by atoms with Gasteiger partial charge >= 0.3 is 0 Å². The van der Waals surface area contributed by atoms with Gasteiger partial charge in [-0.15, -0.1) is 12.4 Å². The number of nitrogen functional groups attached to an aromatic ring is 1. The van der Waals surface area contributed by atoms with E-state index >= 15 is 0 Å². The van der Waals surface area contributed by atoms with Gasteiger partial charge in [-0.3, -0.25) is 4.90 Å². The summed E-state index contributed by atoms with van der Waals surface area (Å²) in [4.78, 5) is 2.42. The Balaban J connectivity index is 0.00000162. The molecule has 0 saturated carbocycles. The number of nitrogens with zero attached hydrogens (tertiary/aromatic N) is 1. The van der Waals surface area contributed by atoms with Crippen LogP contribution < -0.4 is 5.73 Å². The minimum atomic E-state index is 0. The first-order valence-corrected chi connectivity index (χ1v) is 6.46. The summed E-state index contributed by atoms with van der Waals surface area (Å²) in [5, 5.41) is 0. The van der Waals surface area contributed by atoms with E-state index in [1.54, 1.807) is 0 Å². The summed E-state index contributed by atoms with van der Waals surface area (Å²) in [5.74, 6) is 0. The normalized spacial score (nSPS) is 18.9. The van der Waals surface area contributed by atoms with Gasteiger partial charge in [0.25, 0.3) is 0 Å². The molecule has 1 saturated heterocycles. The summed E-state index contributed by atoms with van der Waals surface area (Å²) in [5.41, 5.74) is 7.92. The first-order valence-electron chi connectivity index (χ1n) is 6.46. The van der Waals surface area contributed by atoms with Crippen LogP contribution in [0.1, 0.15) is 25.3 Å². The monoisotopic (exact) mass is 270 g/mol. The zero-order valence-corrected chi connectivity index (χ0v) is 11.8. The first kappa shape index (κ1) is 15.3. The standard InChI is InChI=1S/C14H22N2O.ClH/c1-2-16(11-14-7-4-8-17-14)10-12-5-3-6-13(15)9-12;/h3,5-6,9,14H,2,4,7-8,10-11,15H2,1H3;1H. The summed E-state index contributed by atoms with van der Waals surface area (Å²) >= 11 is 0. The molecule has 0 radical (unpaired) electrons. The van der Waals surface area contributed by atoms with Crippen LogP contribution in [-0.4, -0.2) is 30.7 Å². The van der Waals surface area contributed by atoms with Crippen molar-refractivity contribution in [1.82, 2.24) is 4.90 Å². The van der Waals surface area contributed by atoms with Crippen LogP contribution in [0.4, 0.5) is 5.69 Å². The number of rotatable bonds is 5. The Labute approximate surface area is 116 Å². The smallest absolute Gasteiger partial charge is 0.0702 e. The lowest BCUT2D eigenvalue weighted by Gasteiger charge is -2.23. The van der Waals surface area contributed by atoms with E-state index < -0.39 is 0 Å². The second-order valence-electron chi connectivity index (χ2n) is 4.71. The molecule has 18 heavy (non-hydrogen) atoms. The van der Waals surface area contributed by atoms with Gasteiger partial charge < -0.3 is 10.5 Å². The van der Waals surface area contributed by atoms with Crippen molar-refractivity contribution in [2.45, 2.75) is 32.4 Å². The highest BCUT2D eigenvalue weighted by molar-refractivity contribution is 5.85. The van der Waals surface area contributed by atoms with Crippen LogP contribution in [0.15, 0.2) is 24.3 Å². The second kappa shape index (κ2) is 7.62. The third-order valence-corrected chi connectivity index (χ3v) is 3.29. The molecule has 102 valence electrons. The molecule has 0 spiro atoms. The molecule has 0 bridgehead atoms. The van der Waals surface area contributed by atoms with E-state index in [4.69, 9.17) is 10.5 Å². The van der Waals surface area contributed by atoms with Gasteiger partial charge in [-0.1, -0.05) is 19.1 Å². The molecular weight excluding hydrogens is 248 g/mol. The summed E-state index contributed by atoms with van der Waals surface area (Å²) in [6.07, 6.45) is 2.84. The van der Waals surface area contributed by atoms with E-state index in [1.807, 2.05) is 12.1 Å². The average Bonchev–Trinajstić information content (AvgIpc) is 2.81. The van der Waals surface area contributed by atoms with Gasteiger partial charge in [0.1, 0.15) is 0 Å². The fourth-order valence-electron chi connectivity index (χ4n) is 2.33. The zero-order valence-electron chi connectivity index (χ0n) is 11.0. The summed E-state index contributed by atoms with van der Waals surface area (Å²) in [6, 6.07) is 8.14. The SMILES string of the molecule is CCN(Cc1cccc(N)c1)CC1CCCO1.Cl. The Morgan fingerprint density at radius 1 is 1.44 bits per heavy atom. The van der Waals surface area contributed by atoms with E-state index in [1.165, 1.54) is 18.4 Å². The number of halogens is 1. The van der Waals surface area contributed by atoms with Gasteiger partial charge in [0.15, 0.2) is 0 Å². The average molecular weight is 271 g/mol. The molecule has 2 rings (SSSR count). The van der Waals surface area contributed by atoms with Gasteiger partial charge in [-0.25, -0.2) is 0 Å². The predicted octanol–water partition coefficient (Wildman–Crippen LogP) is 2.69. The minimum Gasteiger partial charge on any atom is -0.399 e. The lowest BCUT2D eigenvalue weighted by molar-refractivity contribution is 0.0725. The van der Waals surface area contributed by atoms with Crippen LogP contribution in [-0.2, 0) is 11.3 Å². The maximum atomic E-state index is 5.80. The molecule has 1 atom stereocenters. The second-order valence-corrected chi connectivity index (χ2v) is 4.71. The van der Waals surface area contributed by atoms with Crippen molar-refractivity contribution in [1.29, 1.82) is 0 Å². The highest BCUT2D eigenvalue weighted by Gasteiger charge is 2.18. The summed E-state index contributed by atoms with van der Waals surface area (Å²) in [7, 11) is 0. The molecule has 3 nitrogen and oxygen atoms in total. The number of hydrogen-bond acceptors (Lipinski definition) is 3. The first-order chi connectivity index (χ1) is 8.28. The molecule has 0 aromatic heterocycles. The van der Waals surface area contributed by atoms with Crippen molar-refractivity contribution in [2.75, 3.05) is 25.4 Å². The van der Waals surface area contributed by atoms with E-state index in [-0.39, 0.29) is 12.4 Å². The fraction of sp³-hybridized carbons (Fsp3) is 0.571. The van der Waals surface area contributed by atoms with Crippen molar-refractivity contribution in [2.24, 2.45) is 0 Å². The van der Waals surface area contributed by atoms with Gasteiger partial charge in [0.2, 0.25) is 0 Å². The van der Waals surface area contributed by atoms with Crippen molar-refractivity contribution < 1.29 is 4.74 Å². The quantitative estimate of drug-likeness (QED) is 0.836. The molecule has 0 amide bonds. The Hall–Kier alpha value is -0.770. The number of nitrogens with two attached hydrogens (primary N) is 1. The number of hydrogen-bond donors (Lipinski definition) is 1. The zero-order chi connectivity index (χ0) is 12.1. The van der Waals surface area contributed by atoms with E-state index in [0.29, 0.717) is 6.10 Å². The summed E-state index contributed by atoms with van der Waals surface area (Å²) in [6.45, 7) is 6.17. The number of ether oxygens (including phenoxy) is 1. The van der Waals surface area contributed by atoms with Crippen LogP contribution in [0.5, 0.6) is 0 Å². The molecule has 1 aromatic rings. The molecular formula is C14H23ClN2O. The molecule has 1 unspecified atom stereocenters. The Bertz CT molecular complexity index is 353. The minimum absolute atomic E-state index is 0. The largest absolute Gasteiger partial charge is 0.399 e. The van der Waals surface area contributed by atoms with E-state index in [2.05, 4.69) is 24.0 Å². The van der Waals surface area contributed by atoms with Crippen molar-refractivity contribution in [3.63, 3.8) is 0 Å². The maximum Gasteiger partial charge on any atom is 0.0702 e. The van der Waals surface area contributed by atoms with Crippen LogP contribution in [0.2, 0.25) is 0 Å². The van der Waals surface area contributed by atoms with Crippen molar-refractivity contribution in [3.05, 3.63) is 29.8 Å². The van der Waals surface area contributed by atoms with Crippen LogP contribution in [0.25, 0.3) is 0 Å². The number of anilines is 1. The Morgan fingerprint density at radius 2 is 2.28 bits per heavy atom. The third kappa shape index (κ3) is 4.48. The number of benzene rings is 1. The Morgan fingerprint density at radius 3 is 2.89 bits per heavy atom. The fourth-order valence-corrected chi connectivity index (χ4v) is 2.33. The lowest BCUT2D eigenvalue weighted by Crippen LogP contribution is -2.31. The molecule has 1 heterocycles. The third-order valence-electron chi connectivity index (χ3n) is 3.29. The molecule has 1 aliphatic heterocycles. The van der Waals surface area contributed by atoms with E-state index in [0.717, 1.165) is 31.9 Å². The van der Waals surface area contributed by atoms with Crippen LogP contribution in [0.3, 0.4) is 0 Å². The lowest BCUT2D eigenvalue weighted by atomic mass is 10.1. The van der Waals surface area contributed by atoms with Crippen molar-refractivity contribution in [3.8, 4) is 0 Å². The topological polar surface area (TPSA) is 38.5 Å². The Kier molecular flexibility index (Phi) is 6.47.